The maximum Gasteiger partial charge on any atom is 0.339 e. The van der Waals surface area contributed by atoms with Crippen LogP contribution in [0.5, 0.6) is 5.75 Å². The molecule has 144 valence electrons. The molecule has 3 aromatic rings. The third kappa shape index (κ3) is 2.85. The number of carboxylic acid groups (broad SMARTS) is 1. The number of halogens is 1. The zero-order chi connectivity index (χ0) is 20.2. The Morgan fingerprint density at radius 3 is 2.54 bits per heavy atom. The zero-order valence-electron chi connectivity index (χ0n) is 15.9. The van der Waals surface area contributed by atoms with Gasteiger partial charge >= 0.3 is 5.97 Å². The number of aromatic carboxylic acids is 1. The van der Waals surface area contributed by atoms with Gasteiger partial charge in [-0.05, 0) is 41.3 Å². The van der Waals surface area contributed by atoms with Crippen LogP contribution in [0.2, 0.25) is 0 Å². The van der Waals surface area contributed by atoms with Gasteiger partial charge in [0.1, 0.15) is 17.1 Å². The molecular weight excluding hydrogens is 359 g/mol. The van der Waals surface area contributed by atoms with Crippen molar-refractivity contribution in [1.82, 2.24) is 9.78 Å². The van der Waals surface area contributed by atoms with Crippen molar-refractivity contribution >= 4 is 5.97 Å². The highest BCUT2D eigenvalue weighted by Crippen LogP contribution is 2.47. The summed E-state index contributed by atoms with van der Waals surface area (Å²) in [6.07, 6.45) is 0. The summed E-state index contributed by atoms with van der Waals surface area (Å²) in [6.45, 7) is 6.80. The molecule has 5 nitrogen and oxygen atoms in total. The Bertz CT molecular complexity index is 1100. The third-order valence-corrected chi connectivity index (χ3v) is 5.38. The smallest absolute Gasteiger partial charge is 0.339 e. The van der Waals surface area contributed by atoms with E-state index in [-0.39, 0.29) is 28.5 Å². The SMILES string of the molecule is CC(C)(C)[C@@H]1Cn2nc(-c3ccccc3F)cc2-c2cc(O)c(C(=O)O)cc21. The van der Waals surface area contributed by atoms with Gasteiger partial charge in [0.15, 0.2) is 0 Å². The van der Waals surface area contributed by atoms with Gasteiger partial charge in [0.25, 0.3) is 0 Å². The van der Waals surface area contributed by atoms with Crippen molar-refractivity contribution in [3.05, 3.63) is 59.4 Å². The number of rotatable bonds is 2. The van der Waals surface area contributed by atoms with Gasteiger partial charge in [-0.25, -0.2) is 9.18 Å². The summed E-state index contributed by atoms with van der Waals surface area (Å²) in [4.78, 5) is 11.5. The first kappa shape index (κ1) is 18.2. The van der Waals surface area contributed by atoms with Crippen LogP contribution in [0.4, 0.5) is 4.39 Å². The summed E-state index contributed by atoms with van der Waals surface area (Å²) in [5.41, 5.74) is 2.96. The number of hydrogen-bond donors (Lipinski definition) is 2. The number of phenols is 1. The normalized spacial score (nSPS) is 15.8. The lowest BCUT2D eigenvalue weighted by molar-refractivity contribution is 0.0693. The van der Waals surface area contributed by atoms with Gasteiger partial charge in [0.05, 0.1) is 11.4 Å². The Kier molecular flexibility index (Phi) is 4.03. The Hall–Kier alpha value is -3.15. The molecule has 1 aromatic heterocycles. The molecule has 0 fully saturated rings. The van der Waals surface area contributed by atoms with Gasteiger partial charge in [-0.3, -0.25) is 4.68 Å². The molecule has 28 heavy (non-hydrogen) atoms. The number of nitrogens with zero attached hydrogens (tertiary/aromatic N) is 2. The molecule has 0 spiro atoms. The first-order valence-corrected chi connectivity index (χ1v) is 9.10. The van der Waals surface area contributed by atoms with Gasteiger partial charge in [0.2, 0.25) is 0 Å². The highest BCUT2D eigenvalue weighted by atomic mass is 19.1. The molecule has 2 aromatic carbocycles. The molecular formula is C22H21FN2O3. The Balaban J connectivity index is 1.95. The average molecular weight is 380 g/mol. The van der Waals surface area contributed by atoms with Crippen LogP contribution in [0.1, 0.15) is 42.6 Å². The van der Waals surface area contributed by atoms with E-state index in [0.717, 1.165) is 16.8 Å². The summed E-state index contributed by atoms with van der Waals surface area (Å²) in [6, 6.07) is 11.3. The molecule has 4 rings (SSSR count). The molecule has 2 N–H and O–H groups in total. The van der Waals surface area contributed by atoms with Gasteiger partial charge < -0.3 is 10.2 Å². The van der Waals surface area contributed by atoms with Crippen LogP contribution in [0.15, 0.2) is 42.5 Å². The third-order valence-electron chi connectivity index (χ3n) is 5.38. The monoisotopic (exact) mass is 380 g/mol. The van der Waals surface area contributed by atoms with Crippen LogP contribution in [0.3, 0.4) is 0 Å². The molecule has 0 bridgehead atoms. The quantitative estimate of drug-likeness (QED) is 0.663. The Labute approximate surface area is 162 Å². The van der Waals surface area contributed by atoms with E-state index in [1.807, 2.05) is 4.68 Å². The van der Waals surface area contributed by atoms with Gasteiger partial charge in [-0.15, -0.1) is 0 Å². The molecule has 0 saturated carbocycles. The predicted molar refractivity (Wildman–Crippen MR) is 104 cm³/mol. The van der Waals surface area contributed by atoms with Crippen LogP contribution in [0.25, 0.3) is 22.5 Å². The van der Waals surface area contributed by atoms with Crippen molar-refractivity contribution in [2.75, 3.05) is 0 Å². The number of aromatic hydroxyl groups is 1. The van der Waals surface area contributed by atoms with Crippen molar-refractivity contribution in [2.45, 2.75) is 33.2 Å². The molecule has 2 heterocycles. The molecule has 0 aliphatic carbocycles. The van der Waals surface area contributed by atoms with Crippen molar-refractivity contribution in [1.29, 1.82) is 0 Å². The molecule has 1 aliphatic heterocycles. The lowest BCUT2D eigenvalue weighted by atomic mass is 9.73. The molecule has 1 atom stereocenters. The van der Waals surface area contributed by atoms with E-state index in [2.05, 4.69) is 25.9 Å². The number of aromatic nitrogens is 2. The molecule has 0 unspecified atom stereocenters. The summed E-state index contributed by atoms with van der Waals surface area (Å²) >= 11 is 0. The van der Waals surface area contributed by atoms with Crippen molar-refractivity contribution < 1.29 is 19.4 Å². The average Bonchev–Trinajstić information content (AvgIpc) is 3.04. The van der Waals surface area contributed by atoms with E-state index < -0.39 is 5.97 Å². The van der Waals surface area contributed by atoms with Crippen molar-refractivity contribution in [2.24, 2.45) is 5.41 Å². The minimum Gasteiger partial charge on any atom is -0.507 e. The van der Waals surface area contributed by atoms with Crippen LogP contribution in [-0.2, 0) is 6.54 Å². The highest BCUT2D eigenvalue weighted by molar-refractivity contribution is 5.92. The molecule has 0 radical (unpaired) electrons. The predicted octanol–water partition coefficient (Wildman–Crippen LogP) is 4.90. The fourth-order valence-corrected chi connectivity index (χ4v) is 3.87. The fourth-order valence-electron chi connectivity index (χ4n) is 3.87. The largest absolute Gasteiger partial charge is 0.507 e. The minimum atomic E-state index is -1.17. The van der Waals surface area contributed by atoms with E-state index in [1.54, 1.807) is 30.3 Å². The number of fused-ring (bicyclic) bond motifs is 3. The van der Waals surface area contributed by atoms with Crippen molar-refractivity contribution in [3.63, 3.8) is 0 Å². The van der Waals surface area contributed by atoms with Crippen LogP contribution in [-0.4, -0.2) is 26.0 Å². The first-order chi connectivity index (χ1) is 13.2. The standard InChI is InChI=1S/C22H21FN2O3/c1-22(2,3)16-11-25-19(10-18(24-25)12-6-4-5-7-17(12)23)14-9-20(26)15(21(27)28)8-13(14)16/h4-10,16,26H,11H2,1-3H3,(H,27,28)/t16-/m1/s1. The number of hydrogen-bond acceptors (Lipinski definition) is 3. The zero-order valence-corrected chi connectivity index (χ0v) is 15.9. The van der Waals surface area contributed by atoms with Gasteiger partial charge in [-0.1, -0.05) is 32.9 Å². The van der Waals surface area contributed by atoms with E-state index >= 15 is 0 Å². The number of carboxylic acids is 1. The van der Waals surface area contributed by atoms with E-state index in [9.17, 15) is 19.4 Å². The Morgan fingerprint density at radius 1 is 1.18 bits per heavy atom. The van der Waals surface area contributed by atoms with E-state index in [1.165, 1.54) is 12.1 Å². The van der Waals surface area contributed by atoms with E-state index in [4.69, 9.17) is 0 Å². The lowest BCUT2D eigenvalue weighted by Crippen LogP contribution is -2.28. The van der Waals surface area contributed by atoms with Crippen molar-refractivity contribution in [3.8, 4) is 28.3 Å². The molecule has 0 amide bonds. The molecule has 6 heteroatoms. The van der Waals surface area contributed by atoms with Gasteiger partial charge in [-0.2, -0.15) is 5.10 Å². The second kappa shape index (κ2) is 6.19. The maximum absolute atomic E-state index is 14.3. The minimum absolute atomic E-state index is 0.0120. The topological polar surface area (TPSA) is 75.3 Å². The molecule has 0 saturated heterocycles. The summed E-state index contributed by atoms with van der Waals surface area (Å²) in [5.74, 6) is -1.82. The van der Waals surface area contributed by atoms with Crippen LogP contribution in [0, 0.1) is 11.2 Å². The van der Waals surface area contributed by atoms with Crippen LogP contribution >= 0.6 is 0 Å². The number of benzene rings is 2. The van der Waals surface area contributed by atoms with E-state index in [0.29, 0.717) is 17.8 Å². The number of carbonyl (C=O) groups is 1. The second-order valence-electron chi connectivity index (χ2n) is 8.26. The second-order valence-corrected chi connectivity index (χ2v) is 8.26. The highest BCUT2D eigenvalue weighted by Gasteiger charge is 2.35. The summed E-state index contributed by atoms with van der Waals surface area (Å²) < 4.78 is 16.1. The van der Waals surface area contributed by atoms with Crippen LogP contribution < -0.4 is 0 Å². The van der Waals surface area contributed by atoms with Gasteiger partial charge in [0, 0.05) is 23.6 Å². The first-order valence-electron chi connectivity index (χ1n) is 9.10. The fraction of sp³-hybridized carbons (Fsp3) is 0.273. The molecule has 1 aliphatic rings. The summed E-state index contributed by atoms with van der Waals surface area (Å²) in [7, 11) is 0. The Morgan fingerprint density at radius 2 is 1.89 bits per heavy atom. The lowest BCUT2D eigenvalue weighted by Gasteiger charge is -2.36. The summed E-state index contributed by atoms with van der Waals surface area (Å²) in [5, 5.41) is 24.3. The maximum atomic E-state index is 14.3.